The second-order valence-corrected chi connectivity index (χ2v) is 6.20. The summed E-state index contributed by atoms with van der Waals surface area (Å²) in [5, 5.41) is 10.7. The molecule has 2 heterocycles. The minimum absolute atomic E-state index is 0. The molecule has 128 valence electrons. The molecule has 0 amide bonds. The lowest BCUT2D eigenvalue weighted by molar-refractivity contribution is 0.0697. The SMILES string of the molecule is Cl.O=C(O)c1ccc2nc(-c3ccc(Cl)cc3)c3c(c2c1)OCCC3. The number of aromatic nitrogens is 1. The Hall–Kier alpha value is -2.30. The van der Waals surface area contributed by atoms with E-state index >= 15 is 0 Å². The summed E-state index contributed by atoms with van der Waals surface area (Å²) in [5.41, 5.74) is 3.84. The van der Waals surface area contributed by atoms with Gasteiger partial charge in [0.25, 0.3) is 0 Å². The van der Waals surface area contributed by atoms with Crippen LogP contribution in [0.4, 0.5) is 0 Å². The summed E-state index contributed by atoms with van der Waals surface area (Å²) in [6, 6.07) is 12.5. The predicted octanol–water partition coefficient (Wildman–Crippen LogP) is 5.00. The molecule has 1 aliphatic heterocycles. The predicted molar refractivity (Wildman–Crippen MR) is 100 cm³/mol. The molecule has 0 aliphatic carbocycles. The van der Waals surface area contributed by atoms with E-state index in [1.807, 2.05) is 24.3 Å². The van der Waals surface area contributed by atoms with E-state index < -0.39 is 5.97 Å². The normalized spacial score (nSPS) is 12.8. The van der Waals surface area contributed by atoms with Gasteiger partial charge in [0.05, 0.1) is 23.4 Å². The zero-order chi connectivity index (χ0) is 16.7. The molecule has 2 aromatic carbocycles. The van der Waals surface area contributed by atoms with Crippen LogP contribution in [0, 0.1) is 0 Å². The first-order valence-corrected chi connectivity index (χ1v) is 8.10. The fourth-order valence-corrected chi connectivity index (χ4v) is 3.20. The van der Waals surface area contributed by atoms with Crippen LogP contribution in [-0.4, -0.2) is 22.7 Å². The molecular formula is C19H15Cl2NO3. The number of benzene rings is 2. The molecule has 0 fully saturated rings. The van der Waals surface area contributed by atoms with Gasteiger partial charge in [0.2, 0.25) is 0 Å². The maximum atomic E-state index is 11.3. The Bertz CT molecular complexity index is 955. The molecule has 1 aliphatic rings. The van der Waals surface area contributed by atoms with Crippen LogP contribution in [0.3, 0.4) is 0 Å². The third kappa shape index (κ3) is 3.15. The first kappa shape index (κ1) is 17.5. The van der Waals surface area contributed by atoms with Gasteiger partial charge >= 0.3 is 5.97 Å². The van der Waals surface area contributed by atoms with Crippen LogP contribution >= 0.6 is 24.0 Å². The maximum absolute atomic E-state index is 11.3. The average Bonchev–Trinajstić information content (AvgIpc) is 2.61. The fourth-order valence-electron chi connectivity index (χ4n) is 3.07. The van der Waals surface area contributed by atoms with E-state index in [2.05, 4.69) is 0 Å². The van der Waals surface area contributed by atoms with Crippen molar-refractivity contribution >= 4 is 40.9 Å². The second kappa shape index (κ2) is 6.90. The number of fused-ring (bicyclic) bond motifs is 3. The Balaban J connectivity index is 0.00000182. The third-order valence-corrected chi connectivity index (χ3v) is 4.47. The van der Waals surface area contributed by atoms with E-state index in [1.165, 1.54) is 0 Å². The quantitative estimate of drug-likeness (QED) is 0.684. The highest BCUT2D eigenvalue weighted by Gasteiger charge is 2.21. The van der Waals surface area contributed by atoms with Crippen molar-refractivity contribution in [3.05, 3.63) is 58.6 Å². The molecule has 0 radical (unpaired) electrons. The van der Waals surface area contributed by atoms with Gasteiger partial charge in [-0.15, -0.1) is 12.4 Å². The number of carboxylic acid groups (broad SMARTS) is 1. The minimum Gasteiger partial charge on any atom is -0.493 e. The van der Waals surface area contributed by atoms with Crippen molar-refractivity contribution in [2.45, 2.75) is 12.8 Å². The van der Waals surface area contributed by atoms with Gasteiger partial charge in [0.15, 0.2) is 0 Å². The fraction of sp³-hybridized carbons (Fsp3) is 0.158. The lowest BCUT2D eigenvalue weighted by Crippen LogP contribution is -2.11. The van der Waals surface area contributed by atoms with Gasteiger partial charge in [-0.25, -0.2) is 9.78 Å². The van der Waals surface area contributed by atoms with Crippen molar-refractivity contribution in [3.63, 3.8) is 0 Å². The smallest absolute Gasteiger partial charge is 0.335 e. The summed E-state index contributed by atoms with van der Waals surface area (Å²) >= 11 is 5.98. The van der Waals surface area contributed by atoms with Crippen molar-refractivity contribution < 1.29 is 14.6 Å². The number of rotatable bonds is 2. The summed E-state index contributed by atoms with van der Waals surface area (Å²) in [7, 11) is 0. The molecule has 3 aromatic rings. The van der Waals surface area contributed by atoms with E-state index in [4.69, 9.17) is 21.3 Å². The highest BCUT2D eigenvalue weighted by molar-refractivity contribution is 6.30. The Labute approximate surface area is 155 Å². The summed E-state index contributed by atoms with van der Waals surface area (Å²) in [6.45, 7) is 0.628. The van der Waals surface area contributed by atoms with Crippen LogP contribution in [0.5, 0.6) is 5.75 Å². The minimum atomic E-state index is -0.955. The molecular weight excluding hydrogens is 361 g/mol. The molecule has 0 saturated carbocycles. The van der Waals surface area contributed by atoms with Crippen LogP contribution in [0.15, 0.2) is 42.5 Å². The number of carbonyl (C=O) groups is 1. The first-order valence-electron chi connectivity index (χ1n) is 7.72. The van der Waals surface area contributed by atoms with E-state index in [0.29, 0.717) is 11.6 Å². The van der Waals surface area contributed by atoms with Crippen LogP contribution in [0.1, 0.15) is 22.3 Å². The highest BCUT2D eigenvalue weighted by atomic mass is 35.5. The number of aromatic carboxylic acids is 1. The van der Waals surface area contributed by atoms with Gasteiger partial charge in [-0.05, 0) is 43.2 Å². The molecule has 25 heavy (non-hydrogen) atoms. The molecule has 4 rings (SSSR count). The van der Waals surface area contributed by atoms with Gasteiger partial charge < -0.3 is 9.84 Å². The number of hydrogen-bond acceptors (Lipinski definition) is 3. The molecule has 4 nitrogen and oxygen atoms in total. The number of halogens is 2. The molecule has 1 aromatic heterocycles. The number of hydrogen-bond donors (Lipinski definition) is 1. The van der Waals surface area contributed by atoms with E-state index in [0.717, 1.165) is 46.3 Å². The molecule has 0 bridgehead atoms. The van der Waals surface area contributed by atoms with Crippen LogP contribution in [0.2, 0.25) is 5.02 Å². The highest BCUT2D eigenvalue weighted by Crippen LogP contribution is 2.39. The maximum Gasteiger partial charge on any atom is 0.335 e. The molecule has 0 atom stereocenters. The standard InChI is InChI=1S/C19H14ClNO3.ClH/c20-13-6-3-11(4-7-13)17-14-2-1-9-24-18(14)15-10-12(19(22)23)5-8-16(15)21-17;/h3-8,10H,1-2,9H2,(H,22,23);1H. The number of pyridine rings is 1. The Morgan fingerprint density at radius 1 is 1.16 bits per heavy atom. The Morgan fingerprint density at radius 3 is 2.64 bits per heavy atom. The van der Waals surface area contributed by atoms with Gasteiger partial charge in [-0.1, -0.05) is 23.7 Å². The van der Waals surface area contributed by atoms with Crippen molar-refractivity contribution in [1.82, 2.24) is 4.98 Å². The average molecular weight is 376 g/mol. The van der Waals surface area contributed by atoms with Gasteiger partial charge in [0.1, 0.15) is 5.75 Å². The van der Waals surface area contributed by atoms with E-state index in [-0.39, 0.29) is 18.0 Å². The van der Waals surface area contributed by atoms with Gasteiger partial charge in [-0.3, -0.25) is 0 Å². The van der Waals surface area contributed by atoms with Crippen molar-refractivity contribution in [2.24, 2.45) is 0 Å². The van der Waals surface area contributed by atoms with Gasteiger partial charge in [-0.2, -0.15) is 0 Å². The zero-order valence-electron chi connectivity index (χ0n) is 13.2. The summed E-state index contributed by atoms with van der Waals surface area (Å²) in [6.07, 6.45) is 1.77. The molecule has 0 saturated heterocycles. The topological polar surface area (TPSA) is 59.4 Å². The Morgan fingerprint density at radius 2 is 1.92 bits per heavy atom. The molecule has 0 unspecified atom stereocenters. The molecule has 6 heteroatoms. The largest absolute Gasteiger partial charge is 0.493 e. The summed E-state index contributed by atoms with van der Waals surface area (Å²) in [5.74, 6) is -0.206. The number of carboxylic acids is 1. The van der Waals surface area contributed by atoms with Crippen LogP contribution in [0.25, 0.3) is 22.2 Å². The van der Waals surface area contributed by atoms with Gasteiger partial charge in [0, 0.05) is 21.5 Å². The first-order chi connectivity index (χ1) is 11.6. The number of nitrogens with zero attached hydrogens (tertiary/aromatic N) is 1. The molecule has 0 spiro atoms. The lowest BCUT2D eigenvalue weighted by Gasteiger charge is -2.22. The van der Waals surface area contributed by atoms with Crippen molar-refractivity contribution in [2.75, 3.05) is 6.61 Å². The van der Waals surface area contributed by atoms with E-state index in [9.17, 15) is 9.90 Å². The van der Waals surface area contributed by atoms with Crippen LogP contribution < -0.4 is 4.74 Å². The number of ether oxygens (including phenoxy) is 1. The van der Waals surface area contributed by atoms with E-state index in [1.54, 1.807) is 18.2 Å². The van der Waals surface area contributed by atoms with Crippen molar-refractivity contribution in [3.8, 4) is 17.0 Å². The monoisotopic (exact) mass is 375 g/mol. The summed E-state index contributed by atoms with van der Waals surface area (Å²) < 4.78 is 5.90. The Kier molecular flexibility index (Phi) is 4.84. The zero-order valence-corrected chi connectivity index (χ0v) is 14.7. The molecule has 1 N–H and O–H groups in total. The van der Waals surface area contributed by atoms with Crippen LogP contribution in [-0.2, 0) is 6.42 Å². The summed E-state index contributed by atoms with van der Waals surface area (Å²) in [4.78, 5) is 16.0. The second-order valence-electron chi connectivity index (χ2n) is 5.76. The van der Waals surface area contributed by atoms with Crippen molar-refractivity contribution in [1.29, 1.82) is 0 Å². The third-order valence-electron chi connectivity index (χ3n) is 4.22. The lowest BCUT2D eigenvalue weighted by atomic mass is 9.96.